The summed E-state index contributed by atoms with van der Waals surface area (Å²) in [5, 5.41) is 10.1. The molecule has 3 aromatic carbocycles. The Morgan fingerprint density at radius 3 is 2.28 bits per heavy atom. The van der Waals surface area contributed by atoms with E-state index in [0.29, 0.717) is 33.7 Å². The zero-order valence-corrected chi connectivity index (χ0v) is 28.5. The number of unbranched alkanes of at least 4 members (excludes halogenated alkanes) is 1. The van der Waals surface area contributed by atoms with Gasteiger partial charge in [0.1, 0.15) is 23.2 Å². The number of ether oxygens (including phenoxy) is 1. The summed E-state index contributed by atoms with van der Waals surface area (Å²) in [5.41, 5.74) is 1.17. The third kappa shape index (κ3) is 7.74. The number of rotatable bonds is 15. The lowest BCUT2D eigenvalue weighted by Gasteiger charge is -2.28. The zero-order valence-electron chi connectivity index (χ0n) is 26.1. The fourth-order valence-corrected chi connectivity index (χ4v) is 7.75. The minimum absolute atomic E-state index is 0.0349. The average Bonchev–Trinajstić information content (AvgIpc) is 3.45. The Bertz CT molecular complexity index is 1740. The average molecular weight is 696 g/mol. The highest BCUT2D eigenvalue weighted by Gasteiger charge is 2.31. The summed E-state index contributed by atoms with van der Waals surface area (Å²) in [6.07, 6.45) is 3.15. The number of imidazole rings is 1. The topological polar surface area (TPSA) is 84.7 Å². The van der Waals surface area contributed by atoms with Gasteiger partial charge in [0.25, 0.3) is 0 Å². The molecule has 0 aliphatic heterocycles. The number of hydrogen-bond acceptors (Lipinski definition) is 6. The molecule has 0 spiro atoms. The second kappa shape index (κ2) is 15.2. The van der Waals surface area contributed by atoms with E-state index in [4.69, 9.17) is 16.3 Å². The monoisotopic (exact) mass is 695 g/mol. The summed E-state index contributed by atoms with van der Waals surface area (Å²) in [7, 11) is -2.67. The van der Waals surface area contributed by atoms with Crippen molar-refractivity contribution in [2.75, 3.05) is 26.8 Å². The van der Waals surface area contributed by atoms with Crippen LogP contribution in [0.15, 0.2) is 70.8 Å². The predicted octanol–water partition coefficient (Wildman–Crippen LogP) is 7.74. The fourth-order valence-electron chi connectivity index (χ4n) is 5.00. The molecule has 13 heteroatoms. The number of hydrogen-bond donors (Lipinski definition) is 1. The van der Waals surface area contributed by atoms with E-state index in [1.165, 1.54) is 19.2 Å². The third-order valence-corrected chi connectivity index (χ3v) is 10.9. The minimum Gasteiger partial charge on any atom is -0.495 e. The molecule has 4 rings (SSSR count). The summed E-state index contributed by atoms with van der Waals surface area (Å²) in [5.74, 6) is -2.14. The van der Waals surface area contributed by atoms with Crippen molar-refractivity contribution in [2.24, 2.45) is 0 Å². The van der Waals surface area contributed by atoms with Gasteiger partial charge in [-0.05, 0) is 66.9 Å². The molecule has 0 aliphatic rings. The van der Waals surface area contributed by atoms with Crippen LogP contribution in [0.5, 0.6) is 5.75 Å². The molecular weight excluding hydrogens is 659 g/mol. The first-order chi connectivity index (χ1) is 21.8. The van der Waals surface area contributed by atoms with E-state index < -0.39 is 37.8 Å². The van der Waals surface area contributed by atoms with Crippen LogP contribution in [0.25, 0.3) is 5.69 Å². The molecule has 0 saturated heterocycles. The van der Waals surface area contributed by atoms with Crippen molar-refractivity contribution in [1.29, 1.82) is 0 Å². The second-order valence-electron chi connectivity index (χ2n) is 11.2. The molecule has 0 radical (unpaired) electrons. The maximum absolute atomic E-state index is 15.4. The Hall–Kier alpha value is -3.03. The van der Waals surface area contributed by atoms with E-state index in [-0.39, 0.29) is 37.4 Å². The maximum atomic E-state index is 15.4. The van der Waals surface area contributed by atoms with Crippen LogP contribution in [0.1, 0.15) is 56.9 Å². The minimum atomic E-state index is -4.20. The Kier molecular flexibility index (Phi) is 11.9. The Balaban J connectivity index is 1.70. The van der Waals surface area contributed by atoms with Crippen molar-refractivity contribution >= 4 is 33.4 Å². The number of sulfonamides is 1. The molecule has 0 amide bonds. The molecule has 0 atom stereocenters. The fraction of sp³-hybridized carbons (Fsp3) is 0.364. The van der Waals surface area contributed by atoms with Gasteiger partial charge in [-0.1, -0.05) is 56.6 Å². The van der Waals surface area contributed by atoms with Gasteiger partial charge < -0.3 is 9.84 Å². The Morgan fingerprint density at radius 1 is 1.02 bits per heavy atom. The van der Waals surface area contributed by atoms with Crippen LogP contribution in [0, 0.1) is 17.5 Å². The van der Waals surface area contributed by atoms with Crippen LogP contribution in [-0.2, 0) is 21.2 Å². The Morgan fingerprint density at radius 2 is 1.67 bits per heavy atom. The number of aromatic nitrogens is 2. The van der Waals surface area contributed by atoms with Crippen molar-refractivity contribution in [3.05, 3.63) is 100 Å². The normalized spacial score (nSPS) is 12.2. The number of methoxy groups -OCH3 is 1. The molecule has 7 nitrogen and oxygen atoms in total. The molecule has 0 aliphatic carbocycles. The van der Waals surface area contributed by atoms with Crippen LogP contribution in [0.2, 0.25) is 5.02 Å². The van der Waals surface area contributed by atoms with Crippen molar-refractivity contribution < 1.29 is 31.4 Å². The van der Waals surface area contributed by atoms with E-state index in [1.807, 2.05) is 32.9 Å². The lowest BCUT2D eigenvalue weighted by atomic mass is 9.81. The van der Waals surface area contributed by atoms with E-state index >= 15 is 8.78 Å². The highest BCUT2D eigenvalue weighted by atomic mass is 35.5. The van der Waals surface area contributed by atoms with Gasteiger partial charge >= 0.3 is 0 Å². The molecule has 0 saturated carbocycles. The number of benzene rings is 3. The van der Waals surface area contributed by atoms with Crippen LogP contribution >= 0.6 is 23.4 Å². The second-order valence-corrected chi connectivity index (χ2v) is 14.5. The van der Waals surface area contributed by atoms with E-state index in [9.17, 15) is 17.9 Å². The van der Waals surface area contributed by atoms with Gasteiger partial charge in [-0.2, -0.15) is 4.31 Å². The zero-order chi connectivity index (χ0) is 33.6. The standard InChI is InChI=1S/C33H37ClF3N3O4S2/c1-5-6-14-39(15-7-16-41)46(42,43)25-18-28(36)26(29(37)19-25)21-45-32-38-20-31(40(32)24-11-9-23(35)10-12-24)33(2,3)22-8-13-27(34)30(17-22)44-4/h8-13,17-20,41H,5-7,14-16,21H2,1-4H3. The summed E-state index contributed by atoms with van der Waals surface area (Å²) >= 11 is 7.32. The first-order valence-corrected chi connectivity index (χ1v) is 17.5. The summed E-state index contributed by atoms with van der Waals surface area (Å²) in [6, 6.07) is 12.9. The number of aliphatic hydroxyl groups excluding tert-OH is 1. The summed E-state index contributed by atoms with van der Waals surface area (Å²) in [4.78, 5) is 4.10. The van der Waals surface area contributed by atoms with Gasteiger partial charge in [0.2, 0.25) is 10.0 Å². The first kappa shape index (κ1) is 35.8. The molecule has 1 aromatic heterocycles. The molecule has 4 aromatic rings. The van der Waals surface area contributed by atoms with Crippen molar-refractivity contribution in [3.63, 3.8) is 0 Å². The smallest absolute Gasteiger partial charge is 0.243 e. The maximum Gasteiger partial charge on any atom is 0.243 e. The van der Waals surface area contributed by atoms with Crippen LogP contribution in [-0.4, -0.2) is 54.2 Å². The molecular formula is C33H37ClF3N3O4S2. The number of thioether (sulfide) groups is 1. The lowest BCUT2D eigenvalue weighted by molar-refractivity contribution is 0.268. The molecule has 1 heterocycles. The molecule has 46 heavy (non-hydrogen) atoms. The molecule has 0 fully saturated rings. The SMILES string of the molecule is CCCCN(CCCO)S(=O)(=O)c1cc(F)c(CSc2ncc(C(C)(C)c3ccc(Cl)c(OC)c3)n2-c2ccc(F)cc2)c(F)c1. The van der Waals surface area contributed by atoms with Gasteiger partial charge in [0.05, 0.1) is 28.9 Å². The predicted molar refractivity (Wildman–Crippen MR) is 175 cm³/mol. The van der Waals surface area contributed by atoms with Gasteiger partial charge in [-0.25, -0.2) is 26.6 Å². The quantitative estimate of drug-likeness (QED) is 0.128. The number of nitrogens with zero attached hydrogens (tertiary/aromatic N) is 3. The molecule has 0 bridgehead atoms. The number of halogens is 4. The van der Waals surface area contributed by atoms with Crippen molar-refractivity contribution in [2.45, 2.75) is 61.3 Å². The third-order valence-electron chi connectivity index (χ3n) is 7.75. The van der Waals surface area contributed by atoms with Gasteiger partial charge in [-0.15, -0.1) is 0 Å². The van der Waals surface area contributed by atoms with Gasteiger partial charge in [-0.3, -0.25) is 4.57 Å². The van der Waals surface area contributed by atoms with E-state index in [2.05, 4.69) is 4.98 Å². The Labute approximate surface area is 277 Å². The van der Waals surface area contributed by atoms with Crippen LogP contribution < -0.4 is 4.74 Å². The van der Waals surface area contributed by atoms with Crippen LogP contribution in [0.4, 0.5) is 13.2 Å². The highest BCUT2D eigenvalue weighted by molar-refractivity contribution is 7.98. The summed E-state index contributed by atoms with van der Waals surface area (Å²) in [6.45, 7) is 5.86. The first-order valence-electron chi connectivity index (χ1n) is 14.7. The van der Waals surface area contributed by atoms with Crippen molar-refractivity contribution in [3.8, 4) is 11.4 Å². The van der Waals surface area contributed by atoms with Gasteiger partial charge in [0.15, 0.2) is 5.16 Å². The van der Waals surface area contributed by atoms with E-state index in [0.717, 1.165) is 40.2 Å². The number of aliphatic hydroxyl groups is 1. The van der Waals surface area contributed by atoms with Gasteiger partial charge in [0, 0.05) is 42.1 Å². The lowest BCUT2D eigenvalue weighted by Crippen LogP contribution is -2.33. The van der Waals surface area contributed by atoms with Crippen molar-refractivity contribution in [1.82, 2.24) is 13.9 Å². The molecule has 248 valence electrons. The largest absolute Gasteiger partial charge is 0.495 e. The molecule has 1 N–H and O–H groups in total. The highest BCUT2D eigenvalue weighted by Crippen LogP contribution is 2.39. The van der Waals surface area contributed by atoms with E-state index in [1.54, 1.807) is 29.0 Å². The molecule has 0 unspecified atom stereocenters. The summed E-state index contributed by atoms with van der Waals surface area (Å²) < 4.78 is 79.7. The van der Waals surface area contributed by atoms with Crippen LogP contribution in [0.3, 0.4) is 0 Å².